The number of nitrogens with one attached hydrogen (secondary N) is 1. The van der Waals surface area contributed by atoms with Gasteiger partial charge in [0.1, 0.15) is 0 Å². The summed E-state index contributed by atoms with van der Waals surface area (Å²) in [7, 11) is 0. The van der Waals surface area contributed by atoms with E-state index in [1.54, 1.807) is 0 Å². The van der Waals surface area contributed by atoms with Gasteiger partial charge in [-0.3, -0.25) is 4.79 Å². The molecule has 0 aliphatic carbocycles. The molecule has 0 radical (unpaired) electrons. The molecule has 3 aromatic rings. The highest BCUT2D eigenvalue weighted by atomic mass is 16.4. The molecule has 1 heterocycles. The number of nitrogens with zero attached hydrogens (tertiary/aromatic N) is 2. The fraction of sp³-hybridized carbons (Fsp3) is 0.318. The van der Waals surface area contributed by atoms with Crippen molar-refractivity contribution < 1.29 is 9.21 Å². The van der Waals surface area contributed by atoms with Gasteiger partial charge in [0, 0.05) is 18.8 Å². The number of aromatic nitrogens is 2. The summed E-state index contributed by atoms with van der Waals surface area (Å²) in [4.78, 5) is 12.2. The van der Waals surface area contributed by atoms with E-state index in [0.29, 0.717) is 24.6 Å². The van der Waals surface area contributed by atoms with Crippen molar-refractivity contribution in [3.05, 3.63) is 71.9 Å². The number of amides is 1. The molecule has 1 atom stereocenters. The third-order valence-electron chi connectivity index (χ3n) is 4.44. The van der Waals surface area contributed by atoms with Gasteiger partial charge in [-0.2, -0.15) is 0 Å². The van der Waals surface area contributed by atoms with Crippen LogP contribution in [0.3, 0.4) is 0 Å². The highest BCUT2D eigenvalue weighted by Gasteiger charge is 2.13. The van der Waals surface area contributed by atoms with Crippen LogP contribution in [-0.4, -0.2) is 16.1 Å². The van der Waals surface area contributed by atoms with E-state index in [1.165, 1.54) is 5.56 Å². The maximum atomic E-state index is 12.2. The first-order valence-corrected chi connectivity index (χ1v) is 9.30. The molecule has 0 fully saturated rings. The molecule has 1 aromatic heterocycles. The molecule has 0 unspecified atom stereocenters. The molecule has 1 amide bonds. The fourth-order valence-corrected chi connectivity index (χ4v) is 2.81. The molecule has 0 spiro atoms. The van der Waals surface area contributed by atoms with Crippen LogP contribution in [0.25, 0.3) is 11.1 Å². The zero-order valence-electron chi connectivity index (χ0n) is 16.0. The van der Waals surface area contributed by atoms with Crippen molar-refractivity contribution in [3.8, 4) is 11.1 Å². The summed E-state index contributed by atoms with van der Waals surface area (Å²) in [6.45, 7) is 5.97. The predicted octanol–water partition coefficient (Wildman–Crippen LogP) is 4.67. The topological polar surface area (TPSA) is 68.0 Å². The Bertz CT molecular complexity index is 870. The summed E-state index contributed by atoms with van der Waals surface area (Å²) >= 11 is 0. The second kappa shape index (κ2) is 8.62. The molecule has 5 heteroatoms. The highest BCUT2D eigenvalue weighted by Crippen LogP contribution is 2.22. The average molecular weight is 363 g/mol. The molecule has 1 N–H and O–H groups in total. The number of hydrogen-bond donors (Lipinski definition) is 1. The first-order chi connectivity index (χ1) is 13.0. The molecule has 0 bridgehead atoms. The quantitative estimate of drug-likeness (QED) is 0.662. The Labute approximate surface area is 159 Å². The lowest BCUT2D eigenvalue weighted by atomic mass is 10.0. The van der Waals surface area contributed by atoms with Crippen molar-refractivity contribution in [2.75, 3.05) is 0 Å². The second-order valence-electron chi connectivity index (χ2n) is 6.97. The van der Waals surface area contributed by atoms with Gasteiger partial charge in [0.05, 0.1) is 6.04 Å². The predicted molar refractivity (Wildman–Crippen MR) is 105 cm³/mol. The standard InChI is InChI=1S/C22H25N3O2/c1-15(2)22-25-24-21(27-22)14-13-20(26)23-16(3)17-9-11-19(12-10-17)18-7-5-4-6-8-18/h4-12,15-16H,13-14H2,1-3H3,(H,23,26)/t16-/m0/s1. The molecule has 27 heavy (non-hydrogen) atoms. The lowest BCUT2D eigenvalue weighted by molar-refractivity contribution is -0.121. The number of carbonyl (C=O) groups excluding carboxylic acids is 1. The van der Waals surface area contributed by atoms with Crippen LogP contribution in [0.15, 0.2) is 59.0 Å². The number of carbonyl (C=O) groups is 1. The van der Waals surface area contributed by atoms with Crippen LogP contribution >= 0.6 is 0 Å². The molecule has 0 aliphatic heterocycles. The molecule has 5 nitrogen and oxygen atoms in total. The Balaban J connectivity index is 1.53. The summed E-state index contributed by atoms with van der Waals surface area (Å²) in [5, 5.41) is 11.0. The molecule has 0 saturated carbocycles. The monoisotopic (exact) mass is 363 g/mol. The van der Waals surface area contributed by atoms with Crippen molar-refractivity contribution >= 4 is 5.91 Å². The van der Waals surface area contributed by atoms with Crippen molar-refractivity contribution in [3.63, 3.8) is 0 Å². The van der Waals surface area contributed by atoms with Gasteiger partial charge in [-0.05, 0) is 23.6 Å². The van der Waals surface area contributed by atoms with Crippen molar-refractivity contribution in [2.24, 2.45) is 0 Å². The Morgan fingerprint density at radius 2 is 1.63 bits per heavy atom. The molecule has 140 valence electrons. The summed E-state index contributed by atoms with van der Waals surface area (Å²) in [6.07, 6.45) is 0.775. The maximum Gasteiger partial charge on any atom is 0.220 e. The number of rotatable bonds is 7. The first kappa shape index (κ1) is 18.8. The number of hydrogen-bond acceptors (Lipinski definition) is 4. The zero-order valence-corrected chi connectivity index (χ0v) is 16.0. The minimum Gasteiger partial charge on any atom is -0.425 e. The van der Waals surface area contributed by atoms with E-state index in [0.717, 1.165) is 11.1 Å². The number of aryl methyl sites for hydroxylation is 1. The van der Waals surface area contributed by atoms with E-state index >= 15 is 0 Å². The lowest BCUT2D eigenvalue weighted by Crippen LogP contribution is -2.26. The van der Waals surface area contributed by atoms with Gasteiger partial charge in [0.2, 0.25) is 17.7 Å². The summed E-state index contributed by atoms with van der Waals surface area (Å²) in [5.41, 5.74) is 3.42. The van der Waals surface area contributed by atoms with Gasteiger partial charge in [-0.1, -0.05) is 68.4 Å². The van der Waals surface area contributed by atoms with Gasteiger partial charge >= 0.3 is 0 Å². The minimum absolute atomic E-state index is 0.0288. The Morgan fingerprint density at radius 1 is 0.963 bits per heavy atom. The second-order valence-corrected chi connectivity index (χ2v) is 6.97. The molecule has 0 saturated heterocycles. The highest BCUT2D eigenvalue weighted by molar-refractivity contribution is 5.76. The molecular formula is C22H25N3O2. The van der Waals surface area contributed by atoms with Crippen LogP contribution in [0.5, 0.6) is 0 Å². The van der Waals surface area contributed by atoms with Gasteiger partial charge in [-0.25, -0.2) is 0 Å². The Kier molecular flexibility index (Phi) is 6.01. The number of benzene rings is 2. The van der Waals surface area contributed by atoms with Crippen molar-refractivity contribution in [1.29, 1.82) is 0 Å². The lowest BCUT2D eigenvalue weighted by Gasteiger charge is -2.14. The van der Waals surface area contributed by atoms with Crippen LogP contribution in [0, 0.1) is 0 Å². The first-order valence-electron chi connectivity index (χ1n) is 9.30. The van der Waals surface area contributed by atoms with Gasteiger partial charge in [-0.15, -0.1) is 10.2 Å². The smallest absolute Gasteiger partial charge is 0.220 e. The Hall–Kier alpha value is -2.95. The minimum atomic E-state index is -0.0590. The fourth-order valence-electron chi connectivity index (χ4n) is 2.81. The van der Waals surface area contributed by atoms with Crippen LogP contribution < -0.4 is 5.32 Å². The summed E-state index contributed by atoms with van der Waals surface area (Å²) in [5.74, 6) is 1.28. The van der Waals surface area contributed by atoms with Crippen LogP contribution in [0.2, 0.25) is 0 Å². The normalized spacial score (nSPS) is 12.1. The maximum absolute atomic E-state index is 12.2. The molecular weight excluding hydrogens is 338 g/mol. The SMILES string of the molecule is CC(C)c1nnc(CCC(=O)N[C@@H](C)c2ccc(-c3ccccc3)cc2)o1. The van der Waals surface area contributed by atoms with Crippen molar-refractivity contribution in [2.45, 2.75) is 45.6 Å². The molecule has 0 aliphatic rings. The zero-order chi connectivity index (χ0) is 19.2. The summed E-state index contributed by atoms with van der Waals surface area (Å²) < 4.78 is 5.54. The van der Waals surface area contributed by atoms with E-state index in [1.807, 2.05) is 39.0 Å². The van der Waals surface area contributed by atoms with E-state index in [2.05, 4.69) is 51.9 Å². The van der Waals surface area contributed by atoms with Gasteiger partial charge in [0.25, 0.3) is 0 Å². The third kappa shape index (κ3) is 5.03. The molecule has 2 aromatic carbocycles. The van der Waals surface area contributed by atoms with E-state index < -0.39 is 0 Å². The van der Waals surface area contributed by atoms with E-state index in [4.69, 9.17) is 4.42 Å². The van der Waals surface area contributed by atoms with E-state index in [-0.39, 0.29) is 17.9 Å². The van der Waals surface area contributed by atoms with Crippen LogP contribution in [-0.2, 0) is 11.2 Å². The molecule has 3 rings (SSSR count). The van der Waals surface area contributed by atoms with Crippen molar-refractivity contribution in [1.82, 2.24) is 15.5 Å². The van der Waals surface area contributed by atoms with E-state index in [9.17, 15) is 4.79 Å². The van der Waals surface area contributed by atoms with Gasteiger partial charge < -0.3 is 9.73 Å². The average Bonchev–Trinajstić information content (AvgIpc) is 3.17. The summed E-state index contributed by atoms with van der Waals surface area (Å²) in [6, 6.07) is 18.5. The van der Waals surface area contributed by atoms with Gasteiger partial charge in [0.15, 0.2) is 0 Å². The van der Waals surface area contributed by atoms with Crippen LogP contribution in [0.4, 0.5) is 0 Å². The Morgan fingerprint density at radius 3 is 2.26 bits per heavy atom. The van der Waals surface area contributed by atoms with Crippen LogP contribution in [0.1, 0.15) is 56.5 Å². The third-order valence-corrected chi connectivity index (χ3v) is 4.44. The largest absolute Gasteiger partial charge is 0.425 e.